The standard InChI is InChI=1S/2C4H9.C2H4O.Sn/c2*1-3-4-2;1-2-3;/h2*1,3-4H2,2H3;2H,1H3;. The molecule has 0 aromatic carbocycles. The van der Waals surface area contributed by atoms with E-state index >= 15 is 0 Å². The van der Waals surface area contributed by atoms with Crippen LogP contribution in [-0.4, -0.2) is 27.4 Å². The third-order valence-corrected chi connectivity index (χ3v) is 5.45. The Bertz CT molecular complexity index is 68.2. The second-order valence-corrected chi connectivity index (χ2v) is 6.97. The zero-order valence-electron chi connectivity index (χ0n) is 8.73. The molecule has 0 N–H and O–H groups in total. The van der Waals surface area contributed by atoms with E-state index in [1.807, 2.05) is 0 Å². The van der Waals surface area contributed by atoms with Crippen LogP contribution in [0.25, 0.3) is 0 Å². The van der Waals surface area contributed by atoms with E-state index in [1.165, 1.54) is 32.6 Å². The van der Waals surface area contributed by atoms with Gasteiger partial charge in [0, 0.05) is 0 Å². The molecule has 0 fully saturated rings. The van der Waals surface area contributed by atoms with Crippen molar-refractivity contribution in [2.24, 2.45) is 0 Å². The fourth-order valence-corrected chi connectivity index (χ4v) is 4.89. The van der Waals surface area contributed by atoms with Crippen molar-refractivity contribution in [1.82, 2.24) is 0 Å². The average Bonchev–Trinajstić information content (AvgIpc) is 2.06. The van der Waals surface area contributed by atoms with E-state index in [9.17, 15) is 0 Å². The molecular formula is C10H22OSn. The molecule has 2 heteroatoms. The van der Waals surface area contributed by atoms with Crippen LogP contribution in [0.15, 0.2) is 0 Å². The van der Waals surface area contributed by atoms with E-state index in [4.69, 9.17) is 4.79 Å². The molecule has 0 unspecified atom stereocenters. The van der Waals surface area contributed by atoms with Gasteiger partial charge in [0.25, 0.3) is 0 Å². The topological polar surface area (TPSA) is 17.1 Å². The van der Waals surface area contributed by atoms with Gasteiger partial charge >= 0.3 is 69.5 Å². The summed E-state index contributed by atoms with van der Waals surface area (Å²) in [4.78, 5) is 8.81. The average molecular weight is 277 g/mol. The SMILES string of the molecule is CC=O.CCC[CH2][Sn][CH2]CCC. The van der Waals surface area contributed by atoms with Gasteiger partial charge < -0.3 is 4.79 Å². The Morgan fingerprint density at radius 1 is 1.08 bits per heavy atom. The molecular weight excluding hydrogens is 255 g/mol. The number of hydrogen-bond donors (Lipinski definition) is 0. The van der Waals surface area contributed by atoms with Gasteiger partial charge in [-0.3, -0.25) is 0 Å². The van der Waals surface area contributed by atoms with Crippen molar-refractivity contribution in [2.45, 2.75) is 55.3 Å². The predicted octanol–water partition coefficient (Wildman–Crippen LogP) is 3.33. The van der Waals surface area contributed by atoms with E-state index in [1.54, 1.807) is 8.87 Å². The van der Waals surface area contributed by atoms with Gasteiger partial charge in [-0.2, -0.15) is 0 Å². The number of unbranched alkanes of at least 4 members (excludes halogenated alkanes) is 2. The van der Waals surface area contributed by atoms with Crippen LogP contribution in [0.1, 0.15) is 46.5 Å². The molecule has 0 aliphatic carbocycles. The minimum absolute atomic E-state index is 0.149. The van der Waals surface area contributed by atoms with E-state index in [2.05, 4.69) is 13.8 Å². The molecule has 12 heavy (non-hydrogen) atoms. The first kappa shape index (κ1) is 15.0. The van der Waals surface area contributed by atoms with Crippen molar-refractivity contribution in [3.63, 3.8) is 0 Å². The summed E-state index contributed by atoms with van der Waals surface area (Å²) in [6.07, 6.45) is 6.59. The molecule has 0 atom stereocenters. The van der Waals surface area contributed by atoms with Gasteiger partial charge in [-0.1, -0.05) is 0 Å². The van der Waals surface area contributed by atoms with E-state index in [0.717, 1.165) is 6.29 Å². The van der Waals surface area contributed by atoms with E-state index in [-0.39, 0.29) is 21.1 Å². The molecule has 0 bridgehead atoms. The zero-order valence-corrected chi connectivity index (χ0v) is 11.6. The van der Waals surface area contributed by atoms with Crippen LogP contribution < -0.4 is 0 Å². The maximum atomic E-state index is 8.81. The van der Waals surface area contributed by atoms with Crippen molar-refractivity contribution in [3.8, 4) is 0 Å². The summed E-state index contributed by atoms with van der Waals surface area (Å²) >= 11 is 0.149. The summed E-state index contributed by atoms with van der Waals surface area (Å²) in [5, 5.41) is 0. The third-order valence-electron chi connectivity index (χ3n) is 1.41. The van der Waals surface area contributed by atoms with Crippen LogP contribution in [0.3, 0.4) is 0 Å². The number of aldehydes is 1. The van der Waals surface area contributed by atoms with Crippen molar-refractivity contribution in [2.75, 3.05) is 0 Å². The first-order valence-corrected chi connectivity index (χ1v) is 8.97. The van der Waals surface area contributed by atoms with Crippen LogP contribution in [-0.2, 0) is 4.79 Å². The Morgan fingerprint density at radius 3 is 1.67 bits per heavy atom. The van der Waals surface area contributed by atoms with Gasteiger partial charge in [0.15, 0.2) is 0 Å². The van der Waals surface area contributed by atoms with Crippen molar-refractivity contribution in [1.29, 1.82) is 0 Å². The number of carbonyl (C=O) groups excluding carboxylic acids is 1. The molecule has 0 heterocycles. The van der Waals surface area contributed by atoms with E-state index in [0.29, 0.717) is 0 Å². The summed E-state index contributed by atoms with van der Waals surface area (Å²) in [6, 6.07) is 0. The summed E-state index contributed by atoms with van der Waals surface area (Å²) in [7, 11) is 0. The van der Waals surface area contributed by atoms with Gasteiger partial charge in [0.1, 0.15) is 6.29 Å². The molecule has 0 aliphatic rings. The predicted molar refractivity (Wildman–Crippen MR) is 56.9 cm³/mol. The number of carbonyl (C=O) groups is 1. The quantitative estimate of drug-likeness (QED) is 0.413. The van der Waals surface area contributed by atoms with Crippen LogP contribution in [0.4, 0.5) is 0 Å². The first-order chi connectivity index (χ1) is 5.83. The van der Waals surface area contributed by atoms with Crippen molar-refractivity contribution in [3.05, 3.63) is 0 Å². The molecule has 2 radical (unpaired) electrons. The Balaban J connectivity index is 0. The summed E-state index contributed by atoms with van der Waals surface area (Å²) < 4.78 is 3.25. The molecule has 0 aromatic rings. The van der Waals surface area contributed by atoms with E-state index < -0.39 is 0 Å². The second kappa shape index (κ2) is 17.5. The molecule has 1 nitrogen and oxygen atoms in total. The van der Waals surface area contributed by atoms with Gasteiger partial charge in [0.05, 0.1) is 0 Å². The van der Waals surface area contributed by atoms with Gasteiger partial charge in [-0.25, -0.2) is 0 Å². The third kappa shape index (κ3) is 22.4. The summed E-state index contributed by atoms with van der Waals surface area (Å²) in [6.45, 7) is 6.03. The fourth-order valence-electron chi connectivity index (χ4n) is 0.729. The van der Waals surface area contributed by atoms with Gasteiger partial charge in [-0.05, 0) is 6.92 Å². The van der Waals surface area contributed by atoms with Crippen molar-refractivity contribution < 1.29 is 4.79 Å². The minimum atomic E-state index is 0.149. The number of rotatable bonds is 6. The van der Waals surface area contributed by atoms with Crippen LogP contribution in [0, 0.1) is 0 Å². The van der Waals surface area contributed by atoms with Gasteiger partial charge in [-0.15, -0.1) is 0 Å². The normalized spacial score (nSPS) is 8.58. The fraction of sp³-hybridized carbons (Fsp3) is 0.900. The first-order valence-electron chi connectivity index (χ1n) is 4.93. The zero-order chi connectivity index (χ0) is 9.66. The molecule has 0 saturated carbocycles. The molecule has 0 amide bonds. The Labute approximate surface area is 87.5 Å². The van der Waals surface area contributed by atoms with Crippen LogP contribution >= 0.6 is 0 Å². The molecule has 0 aliphatic heterocycles. The monoisotopic (exact) mass is 278 g/mol. The maximum absolute atomic E-state index is 8.81. The molecule has 0 rings (SSSR count). The van der Waals surface area contributed by atoms with Gasteiger partial charge in [0.2, 0.25) is 0 Å². The molecule has 0 aromatic heterocycles. The Morgan fingerprint density at radius 2 is 1.42 bits per heavy atom. The molecule has 72 valence electrons. The number of hydrogen-bond acceptors (Lipinski definition) is 1. The molecule has 0 saturated heterocycles. The summed E-state index contributed by atoms with van der Waals surface area (Å²) in [5.74, 6) is 0. The van der Waals surface area contributed by atoms with Crippen LogP contribution in [0.5, 0.6) is 0 Å². The van der Waals surface area contributed by atoms with Crippen LogP contribution in [0.2, 0.25) is 8.87 Å². The second-order valence-electron chi connectivity index (χ2n) is 2.69. The Kier molecular flexibility index (Phi) is 21.9. The summed E-state index contributed by atoms with van der Waals surface area (Å²) in [5.41, 5.74) is 0. The molecule has 0 spiro atoms. The Hall–Kier alpha value is 0.469. The van der Waals surface area contributed by atoms with Crippen molar-refractivity contribution >= 4 is 27.4 Å².